The number of aliphatic hydroxyl groups is 1. The molecule has 0 saturated carbocycles. The van der Waals surface area contributed by atoms with Gasteiger partial charge in [-0.25, -0.2) is 0 Å². The number of halogens is 2. The Kier molecular flexibility index (Phi) is 6.12. The van der Waals surface area contributed by atoms with Crippen LogP contribution < -0.4 is 4.74 Å². The molecule has 0 radical (unpaired) electrons. The number of likely N-dealkylation sites (tertiary alicyclic amines) is 1. The predicted molar refractivity (Wildman–Crippen MR) is 130 cm³/mol. The number of aromatic nitrogens is 3. The molecule has 3 aromatic rings. The van der Waals surface area contributed by atoms with E-state index in [2.05, 4.69) is 33.5 Å². The highest BCUT2D eigenvalue weighted by atomic mass is 35.5. The minimum atomic E-state index is -0.296. The Hall–Kier alpha value is -2.12. The number of ether oxygens (including phenoxy) is 1. The summed E-state index contributed by atoms with van der Waals surface area (Å²) >= 11 is 12.9. The van der Waals surface area contributed by atoms with Gasteiger partial charge in [0.05, 0.1) is 12.1 Å². The highest BCUT2D eigenvalue weighted by Crippen LogP contribution is 2.43. The number of rotatable bonds is 5. The van der Waals surface area contributed by atoms with E-state index in [0.717, 1.165) is 53.6 Å². The number of nitrogens with zero attached hydrogens (tertiary/aromatic N) is 4. The number of β-amino-alcohol motifs (C(OH)–C–C–N with tert-alkyl or cyclic N) is 1. The van der Waals surface area contributed by atoms with E-state index in [1.54, 1.807) is 6.07 Å². The maximum atomic E-state index is 10.1. The Morgan fingerprint density at radius 1 is 1.12 bits per heavy atom. The van der Waals surface area contributed by atoms with Crippen LogP contribution in [0, 0.1) is 6.92 Å². The van der Waals surface area contributed by atoms with Crippen LogP contribution >= 0.6 is 23.2 Å². The number of fused-ring (bicyclic) bond motifs is 1. The fourth-order valence-corrected chi connectivity index (χ4v) is 5.63. The van der Waals surface area contributed by atoms with Gasteiger partial charge in [-0.05, 0) is 61.7 Å². The predicted octanol–water partition coefficient (Wildman–Crippen LogP) is 5.12. The van der Waals surface area contributed by atoms with Crippen LogP contribution in [-0.2, 0) is 6.42 Å². The van der Waals surface area contributed by atoms with E-state index in [0.29, 0.717) is 16.6 Å². The summed E-state index contributed by atoms with van der Waals surface area (Å²) in [5, 5.41) is 20.0. The van der Waals surface area contributed by atoms with E-state index in [-0.39, 0.29) is 24.2 Å². The molecule has 0 amide bonds. The van der Waals surface area contributed by atoms with Gasteiger partial charge in [0.15, 0.2) is 0 Å². The topological polar surface area (TPSA) is 63.4 Å². The van der Waals surface area contributed by atoms with Crippen molar-refractivity contribution in [2.45, 2.75) is 57.8 Å². The van der Waals surface area contributed by atoms with Crippen LogP contribution in [0.15, 0.2) is 36.4 Å². The molecule has 1 saturated heterocycles. The summed E-state index contributed by atoms with van der Waals surface area (Å²) in [4.78, 5) is 2.31. The molecule has 1 fully saturated rings. The Balaban J connectivity index is 1.45. The highest BCUT2D eigenvalue weighted by molar-refractivity contribution is 6.35. The van der Waals surface area contributed by atoms with Crippen molar-refractivity contribution in [3.8, 4) is 11.4 Å². The van der Waals surface area contributed by atoms with Crippen molar-refractivity contribution in [2.24, 2.45) is 0 Å². The molecule has 0 unspecified atom stereocenters. The number of aryl methyl sites for hydroxylation is 1. The van der Waals surface area contributed by atoms with Gasteiger partial charge in [0.25, 0.3) is 0 Å². The van der Waals surface area contributed by atoms with Crippen LogP contribution in [0.1, 0.15) is 55.1 Å². The largest absolute Gasteiger partial charge is 0.484 e. The van der Waals surface area contributed by atoms with E-state index >= 15 is 0 Å². The number of hydrogen-bond acceptors (Lipinski definition) is 5. The Labute approximate surface area is 204 Å². The number of hydrogen-bond donors (Lipinski definition) is 1. The molecule has 174 valence electrons. The van der Waals surface area contributed by atoms with Gasteiger partial charge in [0.2, 0.25) is 0 Å². The van der Waals surface area contributed by atoms with Gasteiger partial charge >= 0.3 is 0 Å². The first-order valence-corrected chi connectivity index (χ1v) is 12.2. The van der Waals surface area contributed by atoms with Crippen molar-refractivity contribution in [3.63, 3.8) is 0 Å². The molecule has 6 nitrogen and oxygen atoms in total. The highest BCUT2D eigenvalue weighted by Gasteiger charge is 2.41. The molecule has 0 spiro atoms. The molecule has 1 aromatic heterocycles. The zero-order valence-electron chi connectivity index (χ0n) is 19.0. The summed E-state index contributed by atoms with van der Waals surface area (Å²) < 4.78 is 8.65. The van der Waals surface area contributed by atoms with E-state index in [1.807, 2.05) is 37.3 Å². The third-order valence-electron chi connectivity index (χ3n) is 6.65. The number of benzene rings is 2. The molecule has 2 heterocycles. The smallest absolute Gasteiger partial charge is 0.140 e. The third kappa shape index (κ3) is 4.26. The monoisotopic (exact) mass is 486 g/mol. The Bertz CT molecular complexity index is 1160. The van der Waals surface area contributed by atoms with Crippen molar-refractivity contribution in [2.75, 3.05) is 13.1 Å². The zero-order chi connectivity index (χ0) is 23.3. The molecule has 1 aliphatic carbocycles. The van der Waals surface area contributed by atoms with Crippen LogP contribution in [-0.4, -0.2) is 50.0 Å². The summed E-state index contributed by atoms with van der Waals surface area (Å²) in [7, 11) is 0. The standard InChI is InChI=1S/C25H28Cl2N4O2/c1-14(2)25-29-28-15(3)31(25)17-4-6-19(7-5-17)33-24-21-10-16(26)11-22(27)20(21)12-23(24)30-9-8-18(32)13-30/h4-7,10-11,14,18,23-24,32H,8-9,12-13H2,1-3H3/t18-,23+,24-/m1/s1. The number of aliphatic hydroxyl groups excluding tert-OH is 1. The second kappa shape index (κ2) is 8.91. The van der Waals surface area contributed by atoms with Crippen LogP contribution in [0.25, 0.3) is 5.69 Å². The second-order valence-corrected chi connectivity index (χ2v) is 10.1. The second-order valence-electron chi connectivity index (χ2n) is 9.29. The van der Waals surface area contributed by atoms with Crippen LogP contribution in [0.5, 0.6) is 5.75 Å². The fourth-order valence-electron chi connectivity index (χ4n) is 5.04. The van der Waals surface area contributed by atoms with E-state index in [9.17, 15) is 5.11 Å². The lowest BCUT2D eigenvalue weighted by molar-refractivity contribution is 0.0818. The normalized spacial score (nSPS) is 22.8. The van der Waals surface area contributed by atoms with Gasteiger partial charge in [-0.15, -0.1) is 10.2 Å². The quantitative estimate of drug-likeness (QED) is 0.542. The maximum Gasteiger partial charge on any atom is 0.140 e. The molecule has 33 heavy (non-hydrogen) atoms. The van der Waals surface area contributed by atoms with Gasteiger partial charge in [-0.1, -0.05) is 37.0 Å². The summed E-state index contributed by atoms with van der Waals surface area (Å²) in [5.74, 6) is 2.83. The molecule has 8 heteroatoms. The Morgan fingerprint density at radius 2 is 1.88 bits per heavy atom. The van der Waals surface area contributed by atoms with Crippen molar-refractivity contribution >= 4 is 23.2 Å². The van der Waals surface area contributed by atoms with Crippen molar-refractivity contribution in [1.82, 2.24) is 19.7 Å². The maximum absolute atomic E-state index is 10.1. The molecule has 3 atom stereocenters. The Morgan fingerprint density at radius 3 is 2.55 bits per heavy atom. The van der Waals surface area contributed by atoms with Gasteiger partial charge in [-0.3, -0.25) is 9.47 Å². The summed E-state index contributed by atoms with van der Waals surface area (Å²) in [6, 6.07) is 11.9. The molecule has 2 aromatic carbocycles. The summed E-state index contributed by atoms with van der Waals surface area (Å²) in [5.41, 5.74) is 3.11. The minimum Gasteiger partial charge on any atom is -0.484 e. The summed E-state index contributed by atoms with van der Waals surface area (Å²) in [6.45, 7) is 7.67. The lowest BCUT2D eigenvalue weighted by Gasteiger charge is -2.30. The van der Waals surface area contributed by atoms with Crippen LogP contribution in [0.3, 0.4) is 0 Å². The molecule has 5 rings (SSSR count). The van der Waals surface area contributed by atoms with Crippen LogP contribution in [0.4, 0.5) is 0 Å². The van der Waals surface area contributed by atoms with E-state index in [1.165, 1.54) is 0 Å². The van der Waals surface area contributed by atoms with Gasteiger partial charge in [-0.2, -0.15) is 0 Å². The average molecular weight is 487 g/mol. The summed E-state index contributed by atoms with van der Waals surface area (Å²) in [6.07, 6.45) is 1.04. The van der Waals surface area contributed by atoms with Gasteiger partial charge in [0.1, 0.15) is 23.5 Å². The molecular formula is C25H28Cl2N4O2. The van der Waals surface area contributed by atoms with E-state index in [4.69, 9.17) is 27.9 Å². The van der Waals surface area contributed by atoms with Crippen LogP contribution in [0.2, 0.25) is 10.0 Å². The van der Waals surface area contributed by atoms with Crippen molar-refractivity contribution in [3.05, 3.63) is 69.2 Å². The zero-order valence-corrected chi connectivity index (χ0v) is 20.5. The SMILES string of the molecule is Cc1nnc(C(C)C)n1-c1ccc(O[C@@H]2c3cc(Cl)cc(Cl)c3C[C@@H]2N2CC[C@@H](O)C2)cc1. The first-order chi connectivity index (χ1) is 15.8. The average Bonchev–Trinajstić information content (AvgIpc) is 3.46. The lowest BCUT2D eigenvalue weighted by atomic mass is 10.1. The molecule has 1 N–H and O–H groups in total. The molecule has 0 bridgehead atoms. The third-order valence-corrected chi connectivity index (χ3v) is 7.21. The van der Waals surface area contributed by atoms with Crippen molar-refractivity contribution < 1.29 is 9.84 Å². The van der Waals surface area contributed by atoms with Gasteiger partial charge in [0, 0.05) is 40.3 Å². The molecule has 1 aliphatic heterocycles. The molecular weight excluding hydrogens is 459 g/mol. The molecule has 2 aliphatic rings. The minimum absolute atomic E-state index is 0.0976. The van der Waals surface area contributed by atoms with Gasteiger partial charge < -0.3 is 9.84 Å². The van der Waals surface area contributed by atoms with Crippen molar-refractivity contribution in [1.29, 1.82) is 0 Å². The first kappa shape index (κ1) is 22.7. The first-order valence-electron chi connectivity index (χ1n) is 11.4. The van der Waals surface area contributed by atoms with E-state index < -0.39 is 0 Å². The lowest BCUT2D eigenvalue weighted by Crippen LogP contribution is -2.39. The fraction of sp³-hybridized carbons (Fsp3) is 0.440.